The lowest BCUT2D eigenvalue weighted by molar-refractivity contribution is -0.195. The normalized spacial score (nSPS) is 43.5. The van der Waals surface area contributed by atoms with Gasteiger partial charge in [0.15, 0.2) is 11.5 Å². The molecule has 188 valence electrons. The number of ether oxygens (including phenoxy) is 1. The first-order valence-corrected chi connectivity index (χ1v) is 13.2. The summed E-state index contributed by atoms with van der Waals surface area (Å²) in [6, 6.07) is 0. The Morgan fingerprint density at radius 1 is 1.26 bits per heavy atom. The lowest BCUT2D eigenvalue weighted by atomic mass is 9.45. The molecule has 0 saturated heterocycles. The number of hydrogen-bond donors (Lipinski definition) is 1. The van der Waals surface area contributed by atoms with Crippen LogP contribution < -0.4 is 0 Å². The summed E-state index contributed by atoms with van der Waals surface area (Å²) in [4.78, 5) is 38.5. The van der Waals surface area contributed by atoms with Gasteiger partial charge in [-0.15, -0.1) is 11.8 Å². The van der Waals surface area contributed by atoms with Crippen LogP contribution in [0.15, 0.2) is 23.8 Å². The number of carbonyl (C=O) groups is 3. The number of alkyl halides is 1. The minimum Gasteiger partial charge on any atom is -0.469 e. The molecule has 8 atom stereocenters. The number of carbonyl (C=O) groups excluding carboxylic acids is 3. The van der Waals surface area contributed by atoms with E-state index in [1.54, 1.807) is 13.0 Å². The van der Waals surface area contributed by atoms with Crippen LogP contribution in [0.4, 0.5) is 4.39 Å². The number of Topliss-reactive ketones (excluding diaryl/α,β-unsaturated/α-hetero) is 1. The highest BCUT2D eigenvalue weighted by molar-refractivity contribution is 8.01. The Hall–Kier alpha value is -1.47. The van der Waals surface area contributed by atoms with Crippen LogP contribution >= 0.6 is 11.8 Å². The van der Waals surface area contributed by atoms with Gasteiger partial charge in [0.1, 0.15) is 5.78 Å². The molecule has 5 nitrogen and oxygen atoms in total. The SMILES string of the molecule is COC(=O)C1C[C@H]2[C@@H]3CCC4=CC(=O)C=C[C@]4(C)[C@@]3(F)[C@@H](O)C[C@]2(C)[C@H]1C(=O)CSC(C)(C)C. The highest BCUT2D eigenvalue weighted by Crippen LogP contribution is 2.70. The third-order valence-corrected chi connectivity index (χ3v) is 10.5. The van der Waals surface area contributed by atoms with Crippen LogP contribution in [0.2, 0.25) is 0 Å². The van der Waals surface area contributed by atoms with Crippen LogP contribution in [-0.4, -0.2) is 52.0 Å². The predicted molar refractivity (Wildman–Crippen MR) is 130 cm³/mol. The van der Waals surface area contributed by atoms with Crippen molar-refractivity contribution < 1.29 is 28.6 Å². The Bertz CT molecular complexity index is 967. The fourth-order valence-electron chi connectivity index (χ4n) is 7.61. The summed E-state index contributed by atoms with van der Waals surface area (Å²) in [6.07, 6.45) is 4.73. The third kappa shape index (κ3) is 3.64. The van der Waals surface area contributed by atoms with E-state index in [2.05, 4.69) is 0 Å². The monoisotopic (exact) mass is 492 g/mol. The van der Waals surface area contributed by atoms with Crippen molar-refractivity contribution in [3.63, 3.8) is 0 Å². The van der Waals surface area contributed by atoms with E-state index in [9.17, 15) is 19.5 Å². The molecule has 0 aromatic carbocycles. The van der Waals surface area contributed by atoms with E-state index in [-0.39, 0.29) is 34.4 Å². The van der Waals surface area contributed by atoms with Crippen LogP contribution in [0.25, 0.3) is 0 Å². The van der Waals surface area contributed by atoms with Crippen molar-refractivity contribution in [3.8, 4) is 0 Å². The number of aliphatic hydroxyl groups is 1. The Kier molecular flexibility index (Phi) is 6.25. The molecule has 3 saturated carbocycles. The van der Waals surface area contributed by atoms with Gasteiger partial charge in [0, 0.05) is 22.0 Å². The number of halogens is 1. The molecule has 1 unspecified atom stereocenters. The highest BCUT2D eigenvalue weighted by atomic mass is 32.2. The molecule has 1 N–H and O–H groups in total. The van der Waals surface area contributed by atoms with E-state index in [0.717, 1.165) is 5.57 Å². The molecule has 0 bridgehead atoms. The second-order valence-electron chi connectivity index (χ2n) is 12.1. The third-order valence-electron chi connectivity index (χ3n) is 9.19. The number of hydrogen-bond acceptors (Lipinski definition) is 6. The molecular formula is C27H37FO5S. The zero-order chi connectivity index (χ0) is 25.3. The smallest absolute Gasteiger partial charge is 0.309 e. The van der Waals surface area contributed by atoms with E-state index >= 15 is 4.39 Å². The van der Waals surface area contributed by atoms with E-state index in [1.807, 2.05) is 27.7 Å². The zero-order valence-corrected chi connectivity index (χ0v) is 21.8. The minimum atomic E-state index is -1.97. The topological polar surface area (TPSA) is 80.7 Å². The molecule has 0 amide bonds. The van der Waals surface area contributed by atoms with Gasteiger partial charge in [-0.25, -0.2) is 4.39 Å². The number of ketones is 2. The summed E-state index contributed by atoms with van der Waals surface area (Å²) in [7, 11) is 1.33. The van der Waals surface area contributed by atoms with E-state index < -0.39 is 46.3 Å². The molecular weight excluding hydrogens is 455 g/mol. The zero-order valence-electron chi connectivity index (χ0n) is 21.0. The molecule has 4 aliphatic carbocycles. The van der Waals surface area contributed by atoms with Gasteiger partial charge in [0.2, 0.25) is 0 Å². The lowest BCUT2D eigenvalue weighted by Crippen LogP contribution is -2.66. The summed E-state index contributed by atoms with van der Waals surface area (Å²) in [6.45, 7) is 9.86. The van der Waals surface area contributed by atoms with Gasteiger partial charge in [-0.3, -0.25) is 14.4 Å². The molecule has 34 heavy (non-hydrogen) atoms. The van der Waals surface area contributed by atoms with E-state index in [1.165, 1.54) is 31.0 Å². The van der Waals surface area contributed by atoms with Crippen molar-refractivity contribution in [2.75, 3.05) is 12.9 Å². The van der Waals surface area contributed by atoms with Crippen molar-refractivity contribution in [1.82, 2.24) is 0 Å². The maximum absolute atomic E-state index is 17.3. The van der Waals surface area contributed by atoms with Crippen LogP contribution in [0.1, 0.15) is 60.3 Å². The van der Waals surface area contributed by atoms with Crippen LogP contribution in [0.3, 0.4) is 0 Å². The fraction of sp³-hybridized carbons (Fsp3) is 0.741. The van der Waals surface area contributed by atoms with Gasteiger partial charge >= 0.3 is 5.97 Å². The van der Waals surface area contributed by atoms with Crippen molar-refractivity contribution >= 4 is 29.3 Å². The van der Waals surface area contributed by atoms with Gasteiger partial charge in [-0.1, -0.05) is 39.3 Å². The summed E-state index contributed by atoms with van der Waals surface area (Å²) >= 11 is 1.54. The number of thioether (sulfide) groups is 1. The maximum atomic E-state index is 17.3. The maximum Gasteiger partial charge on any atom is 0.309 e. The number of methoxy groups -OCH3 is 1. The quantitative estimate of drug-likeness (QED) is 0.583. The molecule has 3 fully saturated rings. The highest BCUT2D eigenvalue weighted by Gasteiger charge is 2.72. The number of fused-ring (bicyclic) bond motifs is 5. The standard InChI is InChI=1S/C27H37FO5S/c1-24(2,3)34-14-20(30)22-17(23(32)33-6)12-19-18-8-7-15-11-16(29)9-10-26(15,5)27(18,28)21(31)13-25(19,22)4/h9-11,17-19,21-22,31H,7-8,12-14H2,1-6H3/t17?,18-,19-,21-,22+,25-,26-,27-/m0/s1. The molecule has 4 rings (SSSR count). The minimum absolute atomic E-state index is 0.0235. The number of esters is 1. The van der Waals surface area contributed by atoms with Gasteiger partial charge in [0.05, 0.1) is 24.9 Å². The predicted octanol–water partition coefficient (Wildman–Crippen LogP) is 4.47. The Morgan fingerprint density at radius 2 is 1.94 bits per heavy atom. The van der Waals surface area contributed by atoms with Crippen LogP contribution in [0, 0.1) is 34.5 Å². The number of allylic oxidation sites excluding steroid dienone is 4. The number of rotatable bonds is 4. The molecule has 0 spiro atoms. The average Bonchev–Trinajstić information content (AvgIpc) is 3.05. The molecule has 0 aromatic heterocycles. The first kappa shape index (κ1) is 25.6. The average molecular weight is 493 g/mol. The molecule has 0 aliphatic heterocycles. The lowest BCUT2D eigenvalue weighted by Gasteiger charge is -2.61. The summed E-state index contributed by atoms with van der Waals surface area (Å²) in [5.74, 6) is -2.38. The van der Waals surface area contributed by atoms with E-state index in [4.69, 9.17) is 4.74 Å². The first-order chi connectivity index (χ1) is 15.7. The van der Waals surface area contributed by atoms with Crippen molar-refractivity contribution in [1.29, 1.82) is 0 Å². The van der Waals surface area contributed by atoms with Gasteiger partial charge in [-0.2, -0.15) is 0 Å². The van der Waals surface area contributed by atoms with E-state index in [0.29, 0.717) is 19.3 Å². The van der Waals surface area contributed by atoms with Crippen molar-refractivity contribution in [2.45, 2.75) is 76.8 Å². The van der Waals surface area contributed by atoms with Crippen LogP contribution in [-0.2, 0) is 19.1 Å². The van der Waals surface area contributed by atoms with Crippen LogP contribution in [0.5, 0.6) is 0 Å². The van der Waals surface area contributed by atoms with Gasteiger partial charge in [0.25, 0.3) is 0 Å². The largest absolute Gasteiger partial charge is 0.469 e. The van der Waals surface area contributed by atoms with Crippen molar-refractivity contribution in [3.05, 3.63) is 23.8 Å². The summed E-state index contributed by atoms with van der Waals surface area (Å²) in [5, 5.41) is 11.4. The molecule has 0 aromatic rings. The van der Waals surface area contributed by atoms with Crippen molar-refractivity contribution in [2.24, 2.45) is 34.5 Å². The summed E-state index contributed by atoms with van der Waals surface area (Å²) < 4.78 is 22.2. The van der Waals surface area contributed by atoms with Gasteiger partial charge < -0.3 is 9.84 Å². The second kappa shape index (κ2) is 8.29. The molecule has 4 aliphatic rings. The number of aliphatic hydroxyl groups excluding tert-OH is 1. The molecule has 7 heteroatoms. The summed E-state index contributed by atoms with van der Waals surface area (Å²) in [5.41, 5.74) is -3.05. The Balaban J connectivity index is 1.75. The second-order valence-corrected chi connectivity index (χ2v) is 13.9. The fourth-order valence-corrected chi connectivity index (χ4v) is 8.37. The first-order valence-electron chi connectivity index (χ1n) is 12.2. The Morgan fingerprint density at radius 3 is 2.56 bits per heavy atom. The molecule has 0 heterocycles. The molecule has 0 radical (unpaired) electrons. The van der Waals surface area contributed by atoms with Gasteiger partial charge in [-0.05, 0) is 56.1 Å². The Labute approximate surface area is 206 Å².